The molecule has 0 aliphatic rings. The molecular formula is C17H15ClF2N2O2. The van der Waals surface area contributed by atoms with Crippen LogP contribution in [-0.4, -0.2) is 24.9 Å². The van der Waals surface area contributed by atoms with Gasteiger partial charge in [0.25, 0.3) is 5.91 Å². The molecule has 0 aromatic heterocycles. The Labute approximate surface area is 143 Å². The molecular weight excluding hydrogens is 338 g/mol. The Balaban J connectivity index is 2.05. The molecule has 7 heteroatoms. The number of anilines is 1. The van der Waals surface area contributed by atoms with Crippen LogP contribution in [0.4, 0.5) is 14.5 Å². The molecule has 2 amide bonds. The summed E-state index contributed by atoms with van der Waals surface area (Å²) < 4.78 is 27.5. The lowest BCUT2D eigenvalue weighted by molar-refractivity contribution is -0.116. The van der Waals surface area contributed by atoms with Gasteiger partial charge in [0.1, 0.15) is 11.6 Å². The smallest absolute Gasteiger partial charge is 0.255 e. The van der Waals surface area contributed by atoms with Crippen LogP contribution in [0.15, 0.2) is 42.5 Å². The fraction of sp³-hybridized carbons (Fsp3) is 0.176. The molecule has 0 radical (unpaired) electrons. The summed E-state index contributed by atoms with van der Waals surface area (Å²) in [6.07, 6.45) is 0. The summed E-state index contributed by atoms with van der Waals surface area (Å²) in [7, 11) is 0. The number of para-hydroxylation sites is 1. The molecule has 24 heavy (non-hydrogen) atoms. The molecule has 0 unspecified atom stereocenters. The summed E-state index contributed by atoms with van der Waals surface area (Å²) in [6.45, 7) is 1.34. The van der Waals surface area contributed by atoms with Crippen LogP contribution >= 0.6 is 11.6 Å². The Morgan fingerprint density at radius 2 is 1.75 bits per heavy atom. The van der Waals surface area contributed by atoms with Gasteiger partial charge in [0, 0.05) is 20.0 Å². The third kappa shape index (κ3) is 4.08. The molecule has 126 valence electrons. The number of carbonyl (C=O) groups is 2. The monoisotopic (exact) mass is 352 g/mol. The molecule has 0 heterocycles. The number of hydrogen-bond acceptors (Lipinski definition) is 2. The summed E-state index contributed by atoms with van der Waals surface area (Å²) in [6, 6.07) is 9.74. The topological polar surface area (TPSA) is 49.4 Å². The summed E-state index contributed by atoms with van der Waals surface area (Å²) in [4.78, 5) is 24.9. The summed E-state index contributed by atoms with van der Waals surface area (Å²) in [5.41, 5.74) is -0.150. The standard InChI is InChI=1S/C17H15ClF2N2O2/c1-11(23)22(15-8-3-2-6-13(15)19)10-9-21-17(24)16-12(18)5-4-7-14(16)20/h2-8H,9-10H2,1H3,(H,21,24). The van der Waals surface area contributed by atoms with Gasteiger partial charge in [0.05, 0.1) is 16.3 Å². The molecule has 4 nitrogen and oxygen atoms in total. The molecule has 0 spiro atoms. The number of halogens is 3. The van der Waals surface area contributed by atoms with Crippen molar-refractivity contribution in [2.75, 3.05) is 18.0 Å². The first-order valence-corrected chi connectivity index (χ1v) is 7.54. The molecule has 0 bridgehead atoms. The first kappa shape index (κ1) is 17.9. The van der Waals surface area contributed by atoms with Crippen molar-refractivity contribution in [3.05, 3.63) is 64.7 Å². The van der Waals surface area contributed by atoms with Gasteiger partial charge in [-0.1, -0.05) is 29.8 Å². The average Bonchev–Trinajstić information content (AvgIpc) is 2.52. The number of amides is 2. The van der Waals surface area contributed by atoms with E-state index in [9.17, 15) is 18.4 Å². The number of benzene rings is 2. The predicted molar refractivity (Wildman–Crippen MR) is 88.2 cm³/mol. The van der Waals surface area contributed by atoms with Gasteiger partial charge in [0.2, 0.25) is 5.91 Å². The SMILES string of the molecule is CC(=O)N(CCNC(=O)c1c(F)cccc1Cl)c1ccccc1F. The molecule has 2 aromatic carbocycles. The molecule has 2 aromatic rings. The molecule has 0 aliphatic heterocycles. The Hall–Kier alpha value is -2.47. The van der Waals surface area contributed by atoms with Crippen LogP contribution in [0.5, 0.6) is 0 Å². The second-order valence-electron chi connectivity index (χ2n) is 4.97. The zero-order chi connectivity index (χ0) is 17.7. The molecule has 2 rings (SSSR count). The van der Waals surface area contributed by atoms with Gasteiger partial charge in [-0.15, -0.1) is 0 Å². The van der Waals surface area contributed by atoms with E-state index in [-0.39, 0.29) is 35.3 Å². The van der Waals surface area contributed by atoms with Crippen LogP contribution in [0.2, 0.25) is 5.02 Å². The van der Waals surface area contributed by atoms with Crippen molar-refractivity contribution >= 4 is 29.1 Å². The third-order valence-corrected chi connectivity index (χ3v) is 3.65. The van der Waals surface area contributed by atoms with E-state index in [1.165, 1.54) is 42.2 Å². The lowest BCUT2D eigenvalue weighted by atomic mass is 10.2. The number of nitrogens with zero attached hydrogens (tertiary/aromatic N) is 1. The first-order valence-electron chi connectivity index (χ1n) is 7.16. The molecule has 0 saturated carbocycles. The van der Waals surface area contributed by atoms with Gasteiger partial charge in [-0.2, -0.15) is 0 Å². The van der Waals surface area contributed by atoms with Crippen molar-refractivity contribution in [1.82, 2.24) is 5.32 Å². The average molecular weight is 353 g/mol. The highest BCUT2D eigenvalue weighted by molar-refractivity contribution is 6.33. The van der Waals surface area contributed by atoms with E-state index in [4.69, 9.17) is 11.6 Å². The Morgan fingerprint density at radius 3 is 2.38 bits per heavy atom. The highest BCUT2D eigenvalue weighted by Gasteiger charge is 2.18. The van der Waals surface area contributed by atoms with Crippen molar-refractivity contribution in [2.45, 2.75) is 6.92 Å². The van der Waals surface area contributed by atoms with E-state index in [0.29, 0.717) is 0 Å². The summed E-state index contributed by atoms with van der Waals surface area (Å²) in [5.74, 6) is -2.36. The van der Waals surface area contributed by atoms with Crippen molar-refractivity contribution in [3.8, 4) is 0 Å². The van der Waals surface area contributed by atoms with Crippen LogP contribution in [0.1, 0.15) is 17.3 Å². The fourth-order valence-electron chi connectivity index (χ4n) is 2.20. The minimum Gasteiger partial charge on any atom is -0.350 e. The van der Waals surface area contributed by atoms with Gasteiger partial charge >= 0.3 is 0 Å². The van der Waals surface area contributed by atoms with E-state index in [1.54, 1.807) is 6.07 Å². The Bertz CT molecular complexity index is 748. The first-order chi connectivity index (χ1) is 11.4. The second-order valence-corrected chi connectivity index (χ2v) is 5.38. The van der Waals surface area contributed by atoms with E-state index in [1.807, 2.05) is 0 Å². The van der Waals surface area contributed by atoms with Gasteiger partial charge < -0.3 is 10.2 Å². The highest BCUT2D eigenvalue weighted by Crippen LogP contribution is 2.20. The van der Waals surface area contributed by atoms with Crippen molar-refractivity contribution in [1.29, 1.82) is 0 Å². The van der Waals surface area contributed by atoms with Gasteiger partial charge in [0.15, 0.2) is 0 Å². The van der Waals surface area contributed by atoms with E-state index in [0.717, 1.165) is 6.07 Å². The minimum absolute atomic E-state index is 0.00923. The van der Waals surface area contributed by atoms with E-state index < -0.39 is 17.5 Å². The van der Waals surface area contributed by atoms with Crippen LogP contribution in [0.3, 0.4) is 0 Å². The van der Waals surface area contributed by atoms with Crippen LogP contribution in [0.25, 0.3) is 0 Å². The Kier molecular flexibility index (Phi) is 5.87. The maximum absolute atomic E-state index is 13.8. The quantitative estimate of drug-likeness (QED) is 0.896. The fourth-order valence-corrected chi connectivity index (χ4v) is 2.45. The van der Waals surface area contributed by atoms with Gasteiger partial charge in [-0.25, -0.2) is 8.78 Å². The molecule has 0 fully saturated rings. The number of nitrogens with one attached hydrogen (secondary N) is 1. The van der Waals surface area contributed by atoms with Gasteiger partial charge in [-0.3, -0.25) is 9.59 Å². The van der Waals surface area contributed by atoms with E-state index in [2.05, 4.69) is 5.32 Å². The maximum atomic E-state index is 13.8. The summed E-state index contributed by atoms with van der Waals surface area (Å²) in [5, 5.41) is 2.47. The third-order valence-electron chi connectivity index (χ3n) is 3.33. The largest absolute Gasteiger partial charge is 0.350 e. The zero-order valence-electron chi connectivity index (χ0n) is 12.9. The maximum Gasteiger partial charge on any atom is 0.255 e. The molecule has 0 aliphatic carbocycles. The number of hydrogen-bond donors (Lipinski definition) is 1. The predicted octanol–water partition coefficient (Wildman–Crippen LogP) is 3.40. The van der Waals surface area contributed by atoms with Gasteiger partial charge in [-0.05, 0) is 24.3 Å². The minimum atomic E-state index is -0.738. The normalized spacial score (nSPS) is 10.3. The van der Waals surface area contributed by atoms with Crippen LogP contribution < -0.4 is 10.2 Å². The van der Waals surface area contributed by atoms with Crippen LogP contribution in [0, 0.1) is 11.6 Å². The molecule has 1 N–H and O–H groups in total. The second kappa shape index (κ2) is 7.88. The number of rotatable bonds is 5. The number of carbonyl (C=O) groups excluding carboxylic acids is 2. The molecule has 0 atom stereocenters. The zero-order valence-corrected chi connectivity index (χ0v) is 13.6. The summed E-state index contributed by atoms with van der Waals surface area (Å²) >= 11 is 5.82. The van der Waals surface area contributed by atoms with Crippen molar-refractivity contribution in [3.63, 3.8) is 0 Å². The lowest BCUT2D eigenvalue weighted by Crippen LogP contribution is -2.38. The Morgan fingerprint density at radius 1 is 1.08 bits per heavy atom. The highest BCUT2D eigenvalue weighted by atomic mass is 35.5. The molecule has 0 saturated heterocycles. The van der Waals surface area contributed by atoms with Crippen molar-refractivity contribution < 1.29 is 18.4 Å². The lowest BCUT2D eigenvalue weighted by Gasteiger charge is -2.22. The van der Waals surface area contributed by atoms with E-state index >= 15 is 0 Å². The van der Waals surface area contributed by atoms with Crippen molar-refractivity contribution in [2.24, 2.45) is 0 Å². The van der Waals surface area contributed by atoms with Crippen LogP contribution in [-0.2, 0) is 4.79 Å².